The van der Waals surface area contributed by atoms with Crippen molar-refractivity contribution in [3.63, 3.8) is 0 Å². The fourth-order valence-electron chi connectivity index (χ4n) is 3.32. The number of hydrogen-bond acceptors (Lipinski definition) is 7. The van der Waals surface area contributed by atoms with Crippen LogP contribution in [-0.4, -0.2) is 38.8 Å². The third-order valence-electron chi connectivity index (χ3n) is 4.98. The summed E-state index contributed by atoms with van der Waals surface area (Å²) in [7, 11) is 1.15. The number of H-pyrrole nitrogens is 1. The fourth-order valence-corrected chi connectivity index (χ4v) is 3.32. The number of rotatable bonds is 6. The van der Waals surface area contributed by atoms with E-state index in [1.807, 2.05) is 13.8 Å². The molecule has 4 rings (SSSR count). The minimum atomic E-state index is -0.968. The Hall–Kier alpha value is -4.14. The zero-order chi connectivity index (χ0) is 22.8. The average Bonchev–Trinajstić information content (AvgIpc) is 3.23. The number of fused-ring (bicyclic) bond motifs is 1. The topological polar surface area (TPSA) is 110 Å². The van der Waals surface area contributed by atoms with E-state index in [0.717, 1.165) is 12.7 Å². The number of hydrogen-bond donors (Lipinski definition) is 2. The van der Waals surface area contributed by atoms with Crippen molar-refractivity contribution in [2.24, 2.45) is 0 Å². The third kappa shape index (κ3) is 3.92. The van der Waals surface area contributed by atoms with E-state index in [0.29, 0.717) is 33.9 Å². The molecule has 2 N–H and O–H groups in total. The van der Waals surface area contributed by atoms with E-state index >= 15 is 0 Å². The summed E-state index contributed by atoms with van der Waals surface area (Å²) in [4.78, 5) is 40.5. The molecule has 32 heavy (non-hydrogen) atoms. The number of esters is 1. The Bertz CT molecular complexity index is 1320. The van der Waals surface area contributed by atoms with Gasteiger partial charge in [-0.25, -0.2) is 24.1 Å². The van der Waals surface area contributed by atoms with Crippen molar-refractivity contribution in [1.29, 1.82) is 0 Å². The minimum absolute atomic E-state index is 0.0968. The predicted octanol–water partition coefficient (Wildman–Crippen LogP) is 4.38. The zero-order valence-corrected chi connectivity index (χ0v) is 17.6. The molecule has 4 aromatic rings. The van der Waals surface area contributed by atoms with Gasteiger partial charge in [-0.15, -0.1) is 0 Å². The van der Waals surface area contributed by atoms with Gasteiger partial charge < -0.3 is 15.0 Å². The number of nitrogens with zero attached hydrogens (tertiary/aromatic N) is 3. The van der Waals surface area contributed by atoms with E-state index < -0.39 is 11.8 Å². The predicted molar refractivity (Wildman–Crippen MR) is 117 cm³/mol. The van der Waals surface area contributed by atoms with Crippen LogP contribution in [0.5, 0.6) is 0 Å². The van der Waals surface area contributed by atoms with Gasteiger partial charge in [0, 0.05) is 29.7 Å². The highest BCUT2D eigenvalue weighted by Gasteiger charge is 2.23. The van der Waals surface area contributed by atoms with Gasteiger partial charge in [-0.1, -0.05) is 13.8 Å². The van der Waals surface area contributed by atoms with E-state index in [4.69, 9.17) is 0 Å². The van der Waals surface area contributed by atoms with Crippen molar-refractivity contribution in [2.75, 3.05) is 12.4 Å². The van der Waals surface area contributed by atoms with Gasteiger partial charge in [-0.3, -0.25) is 4.79 Å². The van der Waals surface area contributed by atoms with Gasteiger partial charge in [0.15, 0.2) is 5.82 Å². The minimum Gasteiger partial charge on any atom is -0.463 e. The van der Waals surface area contributed by atoms with Crippen LogP contribution >= 0.6 is 0 Å². The molecule has 162 valence electrons. The van der Waals surface area contributed by atoms with Crippen LogP contribution in [0.25, 0.3) is 22.4 Å². The third-order valence-corrected chi connectivity index (χ3v) is 4.98. The molecule has 0 amide bonds. The number of nitrogens with one attached hydrogen (secondary N) is 2. The number of carbonyl (C=O) groups excluding carboxylic acids is 2. The van der Waals surface area contributed by atoms with Crippen LogP contribution in [0.1, 0.15) is 35.7 Å². The van der Waals surface area contributed by atoms with E-state index in [9.17, 15) is 14.0 Å². The number of Topliss-reactive ketones (excluding diaryl/α,β-unsaturated/α-hetero) is 1. The van der Waals surface area contributed by atoms with Gasteiger partial charge in [-0.05, 0) is 36.2 Å². The van der Waals surface area contributed by atoms with Gasteiger partial charge in [0.25, 0.3) is 5.78 Å². The maximum absolute atomic E-state index is 13.3. The molecule has 3 aromatic heterocycles. The smallest absolute Gasteiger partial charge is 0.379 e. The second-order valence-electron chi connectivity index (χ2n) is 7.39. The van der Waals surface area contributed by atoms with Crippen LogP contribution in [0.15, 0.2) is 48.9 Å². The lowest BCUT2D eigenvalue weighted by atomic mass is 10.0. The Morgan fingerprint density at radius 1 is 1.12 bits per heavy atom. The lowest BCUT2D eigenvalue weighted by Gasteiger charge is -2.15. The zero-order valence-electron chi connectivity index (χ0n) is 17.6. The van der Waals surface area contributed by atoms with Gasteiger partial charge in [0.05, 0.1) is 23.7 Å². The molecule has 3 heterocycles. The number of aromatic amines is 1. The number of ketones is 1. The Morgan fingerprint density at radius 2 is 1.88 bits per heavy atom. The van der Waals surface area contributed by atoms with Gasteiger partial charge in [0.2, 0.25) is 0 Å². The molecule has 0 radical (unpaired) electrons. The van der Waals surface area contributed by atoms with Crippen molar-refractivity contribution >= 4 is 34.3 Å². The summed E-state index contributed by atoms with van der Waals surface area (Å²) < 4.78 is 17.9. The van der Waals surface area contributed by atoms with Gasteiger partial charge in [0.1, 0.15) is 17.3 Å². The van der Waals surface area contributed by atoms with Crippen LogP contribution in [0.4, 0.5) is 15.9 Å². The maximum atomic E-state index is 13.3. The summed E-state index contributed by atoms with van der Waals surface area (Å²) in [5.41, 5.74) is 2.61. The number of pyridine rings is 1. The normalized spacial score (nSPS) is 11.0. The number of aromatic nitrogens is 4. The van der Waals surface area contributed by atoms with Crippen molar-refractivity contribution in [3.8, 4) is 11.4 Å². The lowest BCUT2D eigenvalue weighted by molar-refractivity contribution is -0.135. The molecule has 0 aliphatic heterocycles. The average molecular weight is 433 g/mol. The standard InChI is InChI=1S/C23H20FN5O3/c1-12(2)15-10-26-20(13-4-6-14(24)7-5-13)29-21(15)28-17-8-9-25-22-18(17)16(11-27-22)19(30)23(31)32-3/h4-12H,1-3H3,(H2,25,26,27,28,29). The molecular weight excluding hydrogens is 413 g/mol. The number of anilines is 2. The molecule has 8 nitrogen and oxygen atoms in total. The summed E-state index contributed by atoms with van der Waals surface area (Å²) in [5.74, 6) is -1.06. The maximum Gasteiger partial charge on any atom is 0.379 e. The monoisotopic (exact) mass is 433 g/mol. The number of benzene rings is 1. The van der Waals surface area contributed by atoms with Crippen LogP contribution in [-0.2, 0) is 9.53 Å². The van der Waals surface area contributed by atoms with E-state index in [1.165, 1.54) is 18.3 Å². The van der Waals surface area contributed by atoms with Crippen molar-refractivity contribution in [3.05, 3.63) is 65.9 Å². The Balaban J connectivity index is 1.82. The first-order chi connectivity index (χ1) is 15.4. The molecule has 0 saturated heterocycles. The highest BCUT2D eigenvalue weighted by atomic mass is 19.1. The second kappa shape index (κ2) is 8.54. The highest BCUT2D eigenvalue weighted by Crippen LogP contribution is 2.32. The van der Waals surface area contributed by atoms with E-state index in [-0.39, 0.29) is 17.3 Å². The van der Waals surface area contributed by atoms with Crippen LogP contribution in [0.2, 0.25) is 0 Å². The molecule has 0 saturated carbocycles. The summed E-state index contributed by atoms with van der Waals surface area (Å²) in [5, 5.41) is 3.71. The summed E-state index contributed by atoms with van der Waals surface area (Å²) in [6.07, 6.45) is 4.72. The Morgan fingerprint density at radius 3 is 2.56 bits per heavy atom. The van der Waals surface area contributed by atoms with Crippen LogP contribution < -0.4 is 5.32 Å². The van der Waals surface area contributed by atoms with Crippen LogP contribution in [0, 0.1) is 5.82 Å². The molecule has 0 spiro atoms. The summed E-state index contributed by atoms with van der Waals surface area (Å²) in [6.45, 7) is 4.01. The molecule has 0 aliphatic rings. The van der Waals surface area contributed by atoms with Crippen LogP contribution in [0.3, 0.4) is 0 Å². The fraction of sp³-hybridized carbons (Fsp3) is 0.174. The molecule has 0 bridgehead atoms. The first kappa shape index (κ1) is 21.1. The van der Waals surface area contributed by atoms with Crippen molar-refractivity contribution in [1.82, 2.24) is 19.9 Å². The lowest BCUT2D eigenvalue weighted by Crippen LogP contribution is -2.15. The largest absolute Gasteiger partial charge is 0.463 e. The highest BCUT2D eigenvalue weighted by molar-refractivity contribution is 6.43. The number of ether oxygens (including phenoxy) is 1. The molecule has 0 fully saturated rings. The Labute approximate surface area is 182 Å². The van der Waals surface area contributed by atoms with Gasteiger partial charge in [-0.2, -0.15) is 0 Å². The van der Waals surface area contributed by atoms with Crippen molar-refractivity contribution < 1.29 is 18.7 Å². The number of carbonyl (C=O) groups is 2. The quantitative estimate of drug-likeness (QED) is 0.264. The first-order valence-electron chi connectivity index (χ1n) is 9.87. The summed E-state index contributed by atoms with van der Waals surface area (Å²) >= 11 is 0. The van der Waals surface area contributed by atoms with E-state index in [2.05, 4.69) is 30.0 Å². The SMILES string of the molecule is COC(=O)C(=O)c1c[nH]c2nccc(Nc3nc(-c4ccc(F)cc4)ncc3C(C)C)c12. The molecular formula is C23H20FN5O3. The molecule has 0 aliphatic carbocycles. The summed E-state index contributed by atoms with van der Waals surface area (Å²) in [6, 6.07) is 7.59. The van der Waals surface area contributed by atoms with E-state index in [1.54, 1.807) is 30.6 Å². The van der Waals surface area contributed by atoms with Gasteiger partial charge >= 0.3 is 5.97 Å². The number of halogens is 1. The number of methoxy groups -OCH3 is 1. The van der Waals surface area contributed by atoms with Crippen molar-refractivity contribution in [2.45, 2.75) is 19.8 Å². The Kier molecular flexibility index (Phi) is 5.63. The molecule has 0 unspecified atom stereocenters. The second-order valence-corrected chi connectivity index (χ2v) is 7.39. The molecule has 9 heteroatoms. The molecule has 0 atom stereocenters. The first-order valence-corrected chi connectivity index (χ1v) is 9.87. The molecule has 1 aromatic carbocycles.